The highest BCUT2D eigenvalue weighted by molar-refractivity contribution is 5.48. The van der Waals surface area contributed by atoms with E-state index in [4.69, 9.17) is 9.84 Å². The average molecular weight is 254 g/mol. The normalized spacial score (nSPS) is 27.1. The zero-order valence-electron chi connectivity index (χ0n) is 9.52. The lowest BCUT2D eigenvalue weighted by molar-refractivity contribution is -0.384. The number of nitrogens with one attached hydrogen (secondary N) is 1. The van der Waals surface area contributed by atoms with Crippen molar-refractivity contribution in [2.75, 3.05) is 11.9 Å². The number of nitro benzene ring substituents is 1. The fourth-order valence-corrected chi connectivity index (χ4v) is 1.85. The first kappa shape index (κ1) is 12.7. The molecular formula is C11H14N2O5. The van der Waals surface area contributed by atoms with Crippen molar-refractivity contribution in [1.29, 1.82) is 0 Å². The van der Waals surface area contributed by atoms with Crippen LogP contribution in [0.5, 0.6) is 0 Å². The number of anilines is 1. The molecule has 7 heteroatoms. The summed E-state index contributed by atoms with van der Waals surface area (Å²) in [6.45, 7) is -0.236. The summed E-state index contributed by atoms with van der Waals surface area (Å²) in [5.74, 6) is 0. The maximum Gasteiger partial charge on any atom is 0.269 e. The van der Waals surface area contributed by atoms with E-state index in [-0.39, 0.29) is 12.3 Å². The van der Waals surface area contributed by atoms with Crippen LogP contribution in [0.2, 0.25) is 0 Å². The molecule has 1 aromatic rings. The van der Waals surface area contributed by atoms with Crippen LogP contribution < -0.4 is 5.32 Å². The molecule has 0 saturated carbocycles. The molecule has 2 rings (SSSR count). The summed E-state index contributed by atoms with van der Waals surface area (Å²) in [5, 5.41) is 31.9. The van der Waals surface area contributed by atoms with Gasteiger partial charge in [-0.05, 0) is 12.1 Å². The van der Waals surface area contributed by atoms with Gasteiger partial charge in [0.05, 0.1) is 17.6 Å². The lowest BCUT2D eigenvalue weighted by Crippen LogP contribution is -2.25. The Kier molecular flexibility index (Phi) is 3.75. The van der Waals surface area contributed by atoms with E-state index < -0.39 is 23.4 Å². The van der Waals surface area contributed by atoms with Gasteiger partial charge >= 0.3 is 0 Å². The highest BCUT2D eigenvalue weighted by Crippen LogP contribution is 2.23. The Morgan fingerprint density at radius 3 is 2.61 bits per heavy atom. The highest BCUT2D eigenvalue weighted by atomic mass is 16.6. The minimum absolute atomic E-state index is 0.0150. The summed E-state index contributed by atoms with van der Waals surface area (Å²) >= 11 is 0. The van der Waals surface area contributed by atoms with Crippen molar-refractivity contribution in [3.8, 4) is 0 Å². The topological polar surface area (TPSA) is 105 Å². The minimum Gasteiger partial charge on any atom is -0.394 e. The molecule has 18 heavy (non-hydrogen) atoms. The molecule has 98 valence electrons. The molecule has 3 atom stereocenters. The lowest BCUT2D eigenvalue weighted by Gasteiger charge is -2.14. The highest BCUT2D eigenvalue weighted by Gasteiger charge is 2.33. The number of ether oxygens (including phenoxy) is 1. The molecule has 0 amide bonds. The van der Waals surface area contributed by atoms with Gasteiger partial charge in [-0.25, -0.2) is 0 Å². The quantitative estimate of drug-likeness (QED) is 0.533. The van der Waals surface area contributed by atoms with Crippen LogP contribution in [-0.4, -0.2) is 40.2 Å². The molecule has 1 aliphatic rings. The number of hydrogen-bond acceptors (Lipinski definition) is 6. The van der Waals surface area contributed by atoms with Gasteiger partial charge in [0.15, 0.2) is 0 Å². The number of rotatable bonds is 4. The first-order chi connectivity index (χ1) is 8.60. The van der Waals surface area contributed by atoms with Crippen LogP contribution in [-0.2, 0) is 4.74 Å². The Balaban J connectivity index is 1.96. The zero-order chi connectivity index (χ0) is 13.1. The Morgan fingerprint density at radius 1 is 1.44 bits per heavy atom. The first-order valence-electron chi connectivity index (χ1n) is 5.55. The molecule has 1 aliphatic heterocycles. The predicted molar refractivity (Wildman–Crippen MR) is 63.1 cm³/mol. The number of benzene rings is 1. The molecule has 1 heterocycles. The van der Waals surface area contributed by atoms with Gasteiger partial charge in [0.2, 0.25) is 0 Å². The zero-order valence-corrected chi connectivity index (χ0v) is 9.52. The van der Waals surface area contributed by atoms with Gasteiger partial charge in [0.1, 0.15) is 12.3 Å². The van der Waals surface area contributed by atoms with Crippen molar-refractivity contribution in [2.24, 2.45) is 0 Å². The Morgan fingerprint density at radius 2 is 2.11 bits per heavy atom. The molecule has 0 radical (unpaired) electrons. The van der Waals surface area contributed by atoms with Crippen LogP contribution in [0, 0.1) is 10.1 Å². The van der Waals surface area contributed by atoms with E-state index >= 15 is 0 Å². The molecule has 1 aromatic carbocycles. The molecule has 1 saturated heterocycles. The number of nitrogens with zero attached hydrogens (tertiary/aromatic N) is 1. The molecule has 7 nitrogen and oxygen atoms in total. The van der Waals surface area contributed by atoms with Crippen molar-refractivity contribution < 1.29 is 19.9 Å². The standard InChI is InChI=1S/C11H14N2O5/c14-6-10-9(15)5-11(18-10)12-7-1-3-8(4-2-7)13(16)17/h1-4,9-12,14-15H,5-6H2. The van der Waals surface area contributed by atoms with Crippen LogP contribution in [0.25, 0.3) is 0 Å². The summed E-state index contributed by atoms with van der Waals surface area (Å²) in [4.78, 5) is 10.0. The third kappa shape index (κ3) is 2.76. The third-order valence-corrected chi connectivity index (χ3v) is 2.81. The number of aliphatic hydroxyl groups is 2. The second-order valence-electron chi connectivity index (χ2n) is 4.10. The second-order valence-corrected chi connectivity index (χ2v) is 4.10. The minimum atomic E-state index is -0.703. The van der Waals surface area contributed by atoms with E-state index in [1.807, 2.05) is 0 Å². The number of nitro groups is 1. The molecular weight excluding hydrogens is 240 g/mol. The molecule has 0 bridgehead atoms. The van der Waals surface area contributed by atoms with Crippen LogP contribution in [0.4, 0.5) is 11.4 Å². The Labute approximate surface area is 103 Å². The molecule has 0 aromatic heterocycles. The molecule has 0 spiro atoms. The summed E-state index contributed by atoms with van der Waals surface area (Å²) < 4.78 is 5.36. The summed E-state index contributed by atoms with van der Waals surface area (Å²) in [6, 6.07) is 5.91. The molecule has 3 N–H and O–H groups in total. The fraction of sp³-hybridized carbons (Fsp3) is 0.455. The molecule has 1 fully saturated rings. The Bertz CT molecular complexity index is 422. The van der Waals surface area contributed by atoms with Gasteiger partial charge in [-0.3, -0.25) is 10.1 Å². The SMILES string of the molecule is O=[N+]([O-])c1ccc(NC2CC(O)C(CO)O2)cc1. The van der Waals surface area contributed by atoms with Crippen molar-refractivity contribution >= 4 is 11.4 Å². The van der Waals surface area contributed by atoms with Crippen LogP contribution in [0.3, 0.4) is 0 Å². The van der Waals surface area contributed by atoms with Gasteiger partial charge in [0.25, 0.3) is 5.69 Å². The van der Waals surface area contributed by atoms with Gasteiger partial charge in [0, 0.05) is 24.2 Å². The fourth-order valence-electron chi connectivity index (χ4n) is 1.85. The maximum absolute atomic E-state index is 10.5. The van der Waals surface area contributed by atoms with Crippen molar-refractivity contribution in [3.63, 3.8) is 0 Å². The summed E-state index contributed by atoms with van der Waals surface area (Å²) in [6.07, 6.45) is -1.33. The van der Waals surface area contributed by atoms with E-state index in [0.717, 1.165) is 0 Å². The lowest BCUT2D eigenvalue weighted by atomic mass is 10.2. The third-order valence-electron chi connectivity index (χ3n) is 2.81. The van der Waals surface area contributed by atoms with E-state index in [9.17, 15) is 15.2 Å². The summed E-state index contributed by atoms with van der Waals surface area (Å²) in [7, 11) is 0. The van der Waals surface area contributed by atoms with Crippen LogP contribution in [0.1, 0.15) is 6.42 Å². The average Bonchev–Trinajstić information content (AvgIpc) is 2.70. The van der Waals surface area contributed by atoms with Gasteiger partial charge in [-0.1, -0.05) is 0 Å². The second kappa shape index (κ2) is 5.30. The van der Waals surface area contributed by atoms with E-state index in [2.05, 4.69) is 5.32 Å². The molecule has 0 aliphatic carbocycles. The monoisotopic (exact) mass is 254 g/mol. The maximum atomic E-state index is 10.5. The molecule has 3 unspecified atom stereocenters. The van der Waals surface area contributed by atoms with E-state index in [1.165, 1.54) is 12.1 Å². The summed E-state index contributed by atoms with van der Waals surface area (Å²) in [5.41, 5.74) is 0.678. The van der Waals surface area contributed by atoms with Crippen molar-refractivity contribution in [2.45, 2.75) is 24.9 Å². The number of hydrogen-bond donors (Lipinski definition) is 3. The van der Waals surface area contributed by atoms with Gasteiger partial charge in [-0.15, -0.1) is 0 Å². The Hall–Kier alpha value is -1.70. The van der Waals surface area contributed by atoms with E-state index in [0.29, 0.717) is 12.1 Å². The van der Waals surface area contributed by atoms with Crippen molar-refractivity contribution in [1.82, 2.24) is 0 Å². The smallest absolute Gasteiger partial charge is 0.269 e. The van der Waals surface area contributed by atoms with E-state index in [1.54, 1.807) is 12.1 Å². The van der Waals surface area contributed by atoms with Gasteiger partial charge in [-0.2, -0.15) is 0 Å². The predicted octanol–water partition coefficient (Wildman–Crippen LogP) is 0.475. The number of aliphatic hydroxyl groups excluding tert-OH is 2. The number of non-ortho nitro benzene ring substituents is 1. The van der Waals surface area contributed by atoms with Crippen molar-refractivity contribution in [3.05, 3.63) is 34.4 Å². The largest absolute Gasteiger partial charge is 0.394 e. The van der Waals surface area contributed by atoms with Gasteiger partial charge < -0.3 is 20.3 Å². The van der Waals surface area contributed by atoms with Crippen LogP contribution >= 0.6 is 0 Å². The van der Waals surface area contributed by atoms with Crippen LogP contribution in [0.15, 0.2) is 24.3 Å². The first-order valence-corrected chi connectivity index (χ1v) is 5.55.